The molecule has 3 N–H and O–H groups in total. The molecule has 7 nitrogen and oxygen atoms in total. The Bertz CT molecular complexity index is 1520. The van der Waals surface area contributed by atoms with Crippen molar-refractivity contribution in [3.63, 3.8) is 0 Å². The van der Waals surface area contributed by atoms with Crippen LogP contribution in [-0.2, 0) is 22.2 Å². The molecular weight excluding hydrogens is 535 g/mol. The molecular formula is C28H21ClF3N3O4. The topological polar surface area (TPSA) is 104 Å². The van der Waals surface area contributed by atoms with Crippen LogP contribution in [0.2, 0.25) is 5.02 Å². The van der Waals surface area contributed by atoms with Gasteiger partial charge in [0.2, 0.25) is 5.91 Å². The molecule has 200 valence electrons. The third kappa shape index (κ3) is 6.85. The summed E-state index contributed by atoms with van der Waals surface area (Å²) in [6, 6.07) is 16.9. The summed E-state index contributed by atoms with van der Waals surface area (Å²) in [5.74, 6) is -1.97. The quantitative estimate of drug-likeness (QED) is 0.240. The number of carbonyl (C=O) groups is 2. The average molecular weight is 556 g/mol. The van der Waals surface area contributed by atoms with Crippen molar-refractivity contribution < 1.29 is 33.0 Å². The summed E-state index contributed by atoms with van der Waals surface area (Å²) >= 11 is 5.78. The fraction of sp³-hybridized carbons (Fsp3) is 0.107. The van der Waals surface area contributed by atoms with Crippen LogP contribution >= 0.6 is 11.6 Å². The Kier molecular flexibility index (Phi) is 8.06. The molecule has 0 fully saturated rings. The molecule has 0 unspecified atom stereocenters. The van der Waals surface area contributed by atoms with E-state index in [0.29, 0.717) is 16.8 Å². The van der Waals surface area contributed by atoms with Crippen molar-refractivity contribution in [2.45, 2.75) is 18.6 Å². The van der Waals surface area contributed by atoms with Crippen LogP contribution in [0.25, 0.3) is 23.0 Å². The first kappa shape index (κ1) is 27.5. The summed E-state index contributed by atoms with van der Waals surface area (Å²) in [5, 5.41) is 25.3. The molecule has 0 aliphatic carbocycles. The van der Waals surface area contributed by atoms with E-state index in [2.05, 4.69) is 10.4 Å². The Labute approximate surface area is 225 Å². The van der Waals surface area contributed by atoms with Gasteiger partial charge in [0, 0.05) is 29.8 Å². The summed E-state index contributed by atoms with van der Waals surface area (Å²) in [6.07, 6.45) is -0.741. The zero-order valence-electron chi connectivity index (χ0n) is 20.1. The normalized spacial score (nSPS) is 12.4. The summed E-state index contributed by atoms with van der Waals surface area (Å²) in [7, 11) is 0. The minimum Gasteiger partial charge on any atom is -0.508 e. The number of aromatic hydroxyl groups is 1. The van der Waals surface area contributed by atoms with E-state index in [1.807, 2.05) is 0 Å². The summed E-state index contributed by atoms with van der Waals surface area (Å²) in [4.78, 5) is 24.4. The smallest absolute Gasteiger partial charge is 0.417 e. The van der Waals surface area contributed by atoms with Crippen molar-refractivity contribution in [3.05, 3.63) is 107 Å². The number of carbonyl (C=O) groups excluding carboxylic acids is 1. The van der Waals surface area contributed by atoms with Gasteiger partial charge in [0.05, 0.1) is 22.0 Å². The zero-order valence-corrected chi connectivity index (χ0v) is 20.8. The largest absolute Gasteiger partial charge is 0.508 e. The van der Waals surface area contributed by atoms with Crippen LogP contribution in [-0.4, -0.2) is 37.9 Å². The zero-order chi connectivity index (χ0) is 28.2. The second-order valence-electron chi connectivity index (χ2n) is 8.51. The van der Waals surface area contributed by atoms with Crippen molar-refractivity contribution in [1.82, 2.24) is 15.1 Å². The highest BCUT2D eigenvalue weighted by atomic mass is 35.5. The first-order valence-corrected chi connectivity index (χ1v) is 11.9. The van der Waals surface area contributed by atoms with Gasteiger partial charge in [-0.2, -0.15) is 18.3 Å². The van der Waals surface area contributed by atoms with Crippen molar-refractivity contribution in [3.8, 4) is 22.7 Å². The van der Waals surface area contributed by atoms with Gasteiger partial charge in [0.15, 0.2) is 0 Å². The molecule has 0 spiro atoms. The Morgan fingerprint density at radius 3 is 2.38 bits per heavy atom. The van der Waals surface area contributed by atoms with Crippen LogP contribution < -0.4 is 5.32 Å². The number of carboxylic acid groups (broad SMARTS) is 1. The molecule has 0 aliphatic rings. The predicted octanol–water partition coefficient (Wildman–Crippen LogP) is 5.74. The number of phenolic OH excluding ortho intramolecular Hbond substituents is 1. The first-order chi connectivity index (χ1) is 18.5. The van der Waals surface area contributed by atoms with Crippen molar-refractivity contribution in [2.75, 3.05) is 0 Å². The lowest BCUT2D eigenvalue weighted by Gasteiger charge is -2.13. The number of alkyl halides is 3. The maximum absolute atomic E-state index is 13.5. The molecule has 1 atom stereocenters. The monoisotopic (exact) mass is 555 g/mol. The first-order valence-electron chi connectivity index (χ1n) is 11.5. The number of amides is 1. The maximum Gasteiger partial charge on any atom is 0.417 e. The Balaban J connectivity index is 1.64. The predicted molar refractivity (Wildman–Crippen MR) is 139 cm³/mol. The van der Waals surface area contributed by atoms with Crippen molar-refractivity contribution >= 4 is 29.6 Å². The summed E-state index contributed by atoms with van der Waals surface area (Å²) < 4.78 is 41.9. The van der Waals surface area contributed by atoms with E-state index in [0.717, 1.165) is 18.2 Å². The van der Waals surface area contributed by atoms with E-state index in [1.165, 1.54) is 29.0 Å². The molecule has 39 heavy (non-hydrogen) atoms. The lowest BCUT2D eigenvalue weighted by molar-refractivity contribution is -0.141. The molecule has 1 amide bonds. The van der Waals surface area contributed by atoms with Crippen molar-refractivity contribution in [1.29, 1.82) is 0 Å². The van der Waals surface area contributed by atoms with Gasteiger partial charge in [-0.05, 0) is 48.0 Å². The molecule has 0 aliphatic heterocycles. The Morgan fingerprint density at radius 1 is 1.05 bits per heavy atom. The van der Waals surface area contributed by atoms with Gasteiger partial charge < -0.3 is 15.5 Å². The summed E-state index contributed by atoms with van der Waals surface area (Å²) in [5.41, 5.74) is 0.782. The molecule has 0 saturated carbocycles. The highest BCUT2D eigenvalue weighted by molar-refractivity contribution is 6.31. The highest BCUT2D eigenvalue weighted by Gasteiger charge is 2.33. The molecule has 1 aromatic heterocycles. The van der Waals surface area contributed by atoms with E-state index in [9.17, 15) is 33.0 Å². The van der Waals surface area contributed by atoms with Crippen LogP contribution in [0.1, 0.15) is 16.7 Å². The molecule has 11 heteroatoms. The number of aromatic nitrogens is 2. The number of benzene rings is 3. The second-order valence-corrected chi connectivity index (χ2v) is 8.92. The van der Waals surface area contributed by atoms with Gasteiger partial charge in [0.25, 0.3) is 0 Å². The molecule has 0 bridgehead atoms. The molecule has 3 aromatic carbocycles. The molecule has 4 rings (SSSR count). The van der Waals surface area contributed by atoms with Crippen LogP contribution in [0.5, 0.6) is 5.75 Å². The highest BCUT2D eigenvalue weighted by Crippen LogP contribution is 2.37. The van der Waals surface area contributed by atoms with E-state index < -0.39 is 34.7 Å². The van der Waals surface area contributed by atoms with Gasteiger partial charge in [-0.1, -0.05) is 48.0 Å². The van der Waals surface area contributed by atoms with Gasteiger partial charge in [-0.25, -0.2) is 9.48 Å². The number of phenols is 1. The number of nitrogens with zero attached hydrogens (tertiary/aromatic N) is 2. The van der Waals surface area contributed by atoms with Crippen molar-refractivity contribution in [2.24, 2.45) is 0 Å². The Hall–Kier alpha value is -4.57. The number of rotatable bonds is 8. The third-order valence-corrected chi connectivity index (χ3v) is 6.04. The van der Waals surface area contributed by atoms with Crippen LogP contribution in [0.4, 0.5) is 13.2 Å². The number of nitrogens with one attached hydrogen (secondary N) is 1. The standard InChI is InChI=1S/C28H21ClF3N3O4/c29-23-12-8-18(15-22(23)28(30,31)32)26-19(16-35(34-26)20-4-2-1-3-5-20)9-13-25(37)33-24(27(38)39)14-17-6-10-21(36)11-7-17/h1-13,15-16,24,36H,14H2,(H,33,37)(H,38,39)/t24-/m0/s1. The lowest BCUT2D eigenvalue weighted by atomic mass is 10.0. The van der Waals surface area contributed by atoms with E-state index in [-0.39, 0.29) is 23.4 Å². The van der Waals surface area contributed by atoms with Crippen LogP contribution in [0, 0.1) is 0 Å². The van der Waals surface area contributed by atoms with Gasteiger partial charge in [-0.3, -0.25) is 4.79 Å². The molecule has 0 radical (unpaired) electrons. The SMILES string of the molecule is O=C(C=Cc1cn(-c2ccccc2)nc1-c1ccc(Cl)c(C(F)(F)F)c1)N[C@@H](Cc1ccc(O)cc1)C(=O)O. The summed E-state index contributed by atoms with van der Waals surface area (Å²) in [6.45, 7) is 0. The van der Waals surface area contributed by atoms with E-state index in [1.54, 1.807) is 48.7 Å². The maximum atomic E-state index is 13.5. The molecule has 0 saturated heterocycles. The molecule has 4 aromatic rings. The number of hydrogen-bond acceptors (Lipinski definition) is 4. The number of aliphatic carboxylic acids is 1. The van der Waals surface area contributed by atoms with E-state index >= 15 is 0 Å². The van der Waals surface area contributed by atoms with Gasteiger partial charge in [0.1, 0.15) is 11.8 Å². The number of halogens is 4. The van der Waals surface area contributed by atoms with Crippen LogP contribution in [0.3, 0.4) is 0 Å². The fourth-order valence-electron chi connectivity index (χ4n) is 3.79. The van der Waals surface area contributed by atoms with Gasteiger partial charge >= 0.3 is 12.1 Å². The number of para-hydroxylation sites is 1. The number of carboxylic acids is 1. The average Bonchev–Trinajstić information content (AvgIpc) is 3.33. The lowest BCUT2D eigenvalue weighted by Crippen LogP contribution is -2.41. The number of hydrogen-bond donors (Lipinski definition) is 3. The minimum absolute atomic E-state index is 0.0208. The minimum atomic E-state index is -4.69. The fourth-order valence-corrected chi connectivity index (χ4v) is 4.01. The Morgan fingerprint density at radius 2 is 1.74 bits per heavy atom. The molecule has 1 heterocycles. The second kappa shape index (κ2) is 11.4. The van der Waals surface area contributed by atoms with Gasteiger partial charge in [-0.15, -0.1) is 0 Å². The van der Waals surface area contributed by atoms with E-state index in [4.69, 9.17) is 11.6 Å². The van der Waals surface area contributed by atoms with Crippen LogP contribution in [0.15, 0.2) is 85.1 Å². The third-order valence-electron chi connectivity index (χ3n) is 5.71.